The molecule has 0 aliphatic heterocycles. The molecule has 1 aromatic heterocycles. The van der Waals surface area contributed by atoms with Gasteiger partial charge in [0.2, 0.25) is 0 Å². The molecule has 0 saturated carbocycles. The summed E-state index contributed by atoms with van der Waals surface area (Å²) >= 11 is 7.09. The molecule has 2 nitrogen and oxygen atoms in total. The van der Waals surface area contributed by atoms with Gasteiger partial charge in [-0.3, -0.25) is 0 Å². The number of aromatic nitrogens is 1. The van der Waals surface area contributed by atoms with Crippen LogP contribution in [-0.2, 0) is 0 Å². The Morgan fingerprint density at radius 2 is 2.50 bits per heavy atom. The smallest absolute Gasteiger partial charge is 0.117 e. The molecule has 1 unspecified atom stereocenters. The summed E-state index contributed by atoms with van der Waals surface area (Å²) in [6.07, 6.45) is 3.02. The number of thiazole rings is 1. The number of hydrogen-bond acceptors (Lipinski definition) is 3. The molecule has 0 bridgehead atoms. The van der Waals surface area contributed by atoms with Gasteiger partial charge in [0.05, 0.1) is 12.3 Å². The van der Waals surface area contributed by atoms with Crippen molar-refractivity contribution in [3.63, 3.8) is 0 Å². The first-order valence-corrected chi connectivity index (χ1v) is 4.76. The summed E-state index contributed by atoms with van der Waals surface area (Å²) in [6, 6.07) is 0. The van der Waals surface area contributed by atoms with E-state index in [1.54, 1.807) is 13.1 Å². The monoisotopic (exact) mass is 203 g/mol. The average molecular weight is 204 g/mol. The van der Waals surface area contributed by atoms with Crippen LogP contribution in [0.15, 0.2) is 11.8 Å². The van der Waals surface area contributed by atoms with Gasteiger partial charge in [-0.25, -0.2) is 4.98 Å². The lowest BCUT2D eigenvalue weighted by Gasteiger charge is -2.01. The highest BCUT2D eigenvalue weighted by molar-refractivity contribution is 7.16. The van der Waals surface area contributed by atoms with E-state index in [4.69, 9.17) is 16.7 Å². The zero-order valence-corrected chi connectivity index (χ0v) is 8.49. The number of rotatable bonds is 2. The molecule has 66 valence electrons. The highest BCUT2D eigenvalue weighted by Gasteiger charge is 2.00. The van der Waals surface area contributed by atoms with Gasteiger partial charge in [-0.2, -0.15) is 0 Å². The molecule has 12 heavy (non-hydrogen) atoms. The molecule has 1 atom stereocenters. The van der Waals surface area contributed by atoms with Crippen molar-refractivity contribution in [3.8, 4) is 0 Å². The fourth-order valence-corrected chi connectivity index (χ4v) is 1.59. The Morgan fingerprint density at radius 3 is 2.92 bits per heavy atom. The van der Waals surface area contributed by atoms with E-state index in [0.29, 0.717) is 4.34 Å². The SMILES string of the molecule is C/C(=C\c1ncc(Cl)s1)C(C)O. The van der Waals surface area contributed by atoms with Crippen LogP contribution in [0.25, 0.3) is 6.08 Å². The molecular formula is C8H10ClNOS. The van der Waals surface area contributed by atoms with E-state index in [1.165, 1.54) is 11.3 Å². The first kappa shape index (κ1) is 9.71. The predicted molar refractivity (Wildman–Crippen MR) is 52.5 cm³/mol. The molecule has 1 aromatic rings. The quantitative estimate of drug-likeness (QED) is 0.802. The van der Waals surface area contributed by atoms with E-state index in [2.05, 4.69) is 4.98 Å². The van der Waals surface area contributed by atoms with Gasteiger partial charge < -0.3 is 5.11 Å². The maximum Gasteiger partial charge on any atom is 0.117 e. The summed E-state index contributed by atoms with van der Waals surface area (Å²) in [5.74, 6) is 0. The molecule has 0 radical (unpaired) electrons. The molecular weight excluding hydrogens is 194 g/mol. The summed E-state index contributed by atoms with van der Waals surface area (Å²) < 4.78 is 0.666. The van der Waals surface area contributed by atoms with E-state index < -0.39 is 6.10 Å². The number of nitrogens with zero attached hydrogens (tertiary/aromatic N) is 1. The van der Waals surface area contributed by atoms with Crippen molar-refractivity contribution >= 4 is 29.0 Å². The molecule has 0 amide bonds. The van der Waals surface area contributed by atoms with Crippen LogP contribution in [-0.4, -0.2) is 16.2 Å². The minimum atomic E-state index is -0.423. The normalized spacial score (nSPS) is 14.8. The maximum absolute atomic E-state index is 9.16. The van der Waals surface area contributed by atoms with Crippen LogP contribution in [0.4, 0.5) is 0 Å². The Labute approximate surface area is 80.5 Å². The van der Waals surface area contributed by atoms with Gasteiger partial charge in [0.1, 0.15) is 9.34 Å². The fourth-order valence-electron chi connectivity index (χ4n) is 0.649. The highest BCUT2D eigenvalue weighted by atomic mass is 35.5. The lowest BCUT2D eigenvalue weighted by Crippen LogP contribution is -1.99. The third-order valence-electron chi connectivity index (χ3n) is 1.51. The number of halogens is 1. The van der Waals surface area contributed by atoms with Crippen molar-refractivity contribution in [1.29, 1.82) is 0 Å². The molecule has 0 fully saturated rings. The van der Waals surface area contributed by atoms with Crippen LogP contribution in [0, 0.1) is 0 Å². The molecule has 0 spiro atoms. The number of hydrogen-bond donors (Lipinski definition) is 1. The van der Waals surface area contributed by atoms with Crippen molar-refractivity contribution in [2.45, 2.75) is 20.0 Å². The molecule has 0 aromatic carbocycles. The summed E-state index contributed by atoms with van der Waals surface area (Å²) in [4.78, 5) is 4.04. The van der Waals surface area contributed by atoms with Gasteiger partial charge >= 0.3 is 0 Å². The maximum atomic E-state index is 9.16. The Morgan fingerprint density at radius 1 is 1.83 bits per heavy atom. The second-order valence-corrected chi connectivity index (χ2v) is 4.26. The first-order chi connectivity index (χ1) is 5.59. The largest absolute Gasteiger partial charge is 0.389 e. The second kappa shape index (κ2) is 4.03. The van der Waals surface area contributed by atoms with Gasteiger partial charge in [0, 0.05) is 0 Å². The van der Waals surface area contributed by atoms with Crippen LogP contribution in [0.1, 0.15) is 18.9 Å². The molecule has 1 rings (SSSR count). The lowest BCUT2D eigenvalue weighted by molar-refractivity contribution is 0.232. The van der Waals surface area contributed by atoms with E-state index in [-0.39, 0.29) is 0 Å². The van der Waals surface area contributed by atoms with Gasteiger partial charge in [-0.1, -0.05) is 11.6 Å². The van der Waals surface area contributed by atoms with E-state index in [1.807, 2.05) is 13.0 Å². The van der Waals surface area contributed by atoms with Crippen LogP contribution < -0.4 is 0 Å². The number of aliphatic hydroxyl groups excluding tert-OH is 1. The van der Waals surface area contributed by atoms with Crippen LogP contribution in [0.2, 0.25) is 4.34 Å². The lowest BCUT2D eigenvalue weighted by atomic mass is 10.2. The Hall–Kier alpha value is -0.380. The summed E-state index contributed by atoms with van der Waals surface area (Å²) in [7, 11) is 0. The predicted octanol–water partition coefficient (Wildman–Crippen LogP) is 2.58. The third kappa shape index (κ3) is 2.59. The zero-order valence-electron chi connectivity index (χ0n) is 6.91. The fraction of sp³-hybridized carbons (Fsp3) is 0.375. The van der Waals surface area contributed by atoms with Gasteiger partial charge in [-0.05, 0) is 25.5 Å². The zero-order chi connectivity index (χ0) is 9.14. The molecule has 1 N–H and O–H groups in total. The van der Waals surface area contributed by atoms with Crippen molar-refractivity contribution < 1.29 is 5.11 Å². The Balaban J connectivity index is 2.80. The van der Waals surface area contributed by atoms with Crippen molar-refractivity contribution in [3.05, 3.63) is 21.1 Å². The van der Waals surface area contributed by atoms with E-state index in [0.717, 1.165) is 10.6 Å². The molecule has 4 heteroatoms. The molecule has 0 saturated heterocycles. The van der Waals surface area contributed by atoms with E-state index in [9.17, 15) is 0 Å². The molecule has 0 aliphatic rings. The molecule has 0 aliphatic carbocycles. The number of aliphatic hydroxyl groups is 1. The van der Waals surface area contributed by atoms with Gasteiger partial charge in [0.25, 0.3) is 0 Å². The van der Waals surface area contributed by atoms with Crippen LogP contribution in [0.3, 0.4) is 0 Å². The van der Waals surface area contributed by atoms with E-state index >= 15 is 0 Å². The minimum Gasteiger partial charge on any atom is -0.389 e. The topological polar surface area (TPSA) is 33.1 Å². The summed E-state index contributed by atoms with van der Waals surface area (Å²) in [5.41, 5.74) is 0.890. The Kier molecular flexibility index (Phi) is 3.26. The first-order valence-electron chi connectivity index (χ1n) is 3.57. The minimum absolute atomic E-state index is 0.423. The average Bonchev–Trinajstić information content (AvgIpc) is 2.35. The van der Waals surface area contributed by atoms with Crippen LogP contribution >= 0.6 is 22.9 Å². The molecule has 1 heterocycles. The van der Waals surface area contributed by atoms with Gasteiger partial charge in [0.15, 0.2) is 0 Å². The standard InChI is InChI=1S/C8H10ClNOS/c1-5(6(2)11)3-8-10-4-7(9)12-8/h3-4,6,11H,1-2H3/b5-3+. The summed E-state index contributed by atoms with van der Waals surface area (Å²) in [6.45, 7) is 3.58. The van der Waals surface area contributed by atoms with Crippen molar-refractivity contribution in [2.75, 3.05) is 0 Å². The van der Waals surface area contributed by atoms with Crippen molar-refractivity contribution in [1.82, 2.24) is 4.98 Å². The van der Waals surface area contributed by atoms with Crippen molar-refractivity contribution in [2.24, 2.45) is 0 Å². The second-order valence-electron chi connectivity index (χ2n) is 2.57. The van der Waals surface area contributed by atoms with Gasteiger partial charge in [-0.15, -0.1) is 11.3 Å². The van der Waals surface area contributed by atoms with Crippen LogP contribution in [0.5, 0.6) is 0 Å². The highest BCUT2D eigenvalue weighted by Crippen LogP contribution is 2.20. The third-order valence-corrected chi connectivity index (χ3v) is 2.57. The Bertz CT molecular complexity index is 293. The summed E-state index contributed by atoms with van der Waals surface area (Å²) in [5, 5.41) is 10.00.